The van der Waals surface area contributed by atoms with Gasteiger partial charge in [-0.25, -0.2) is 0 Å². The summed E-state index contributed by atoms with van der Waals surface area (Å²) >= 11 is 0. The van der Waals surface area contributed by atoms with Gasteiger partial charge in [0.25, 0.3) is 0 Å². The van der Waals surface area contributed by atoms with Crippen LogP contribution in [-0.4, -0.2) is 55.1 Å². The lowest BCUT2D eigenvalue weighted by atomic mass is 9.86. The van der Waals surface area contributed by atoms with E-state index in [4.69, 9.17) is 0 Å². The number of likely N-dealkylation sites (tertiary alicyclic amines) is 1. The van der Waals surface area contributed by atoms with Crippen molar-refractivity contribution in [2.45, 2.75) is 49.6 Å². The first-order valence-electron chi connectivity index (χ1n) is 6.77. The maximum atomic E-state index is 11.8. The molecule has 2 aliphatic rings. The van der Waals surface area contributed by atoms with Gasteiger partial charge < -0.3 is 24.1 Å². The molecule has 3 unspecified atom stereocenters. The quantitative estimate of drug-likeness (QED) is 0.445. The number of hydrogen-bond donors (Lipinski definition) is 4. The van der Waals surface area contributed by atoms with Crippen molar-refractivity contribution in [1.82, 2.24) is 0 Å². The Morgan fingerprint density at radius 1 is 1.00 bits per heavy atom. The Labute approximate surface area is 118 Å². The third-order valence-corrected chi connectivity index (χ3v) is 10.2. The zero-order chi connectivity index (χ0) is 15.6. The van der Waals surface area contributed by atoms with Gasteiger partial charge in [-0.05, 0) is 26.2 Å². The summed E-state index contributed by atoms with van der Waals surface area (Å²) in [6.07, 6.45) is 1.49. The Balaban J connectivity index is 2.48. The fourth-order valence-electron chi connectivity index (χ4n) is 3.97. The van der Waals surface area contributed by atoms with Crippen LogP contribution in [0.1, 0.15) is 32.6 Å². The van der Waals surface area contributed by atoms with Gasteiger partial charge in [0.2, 0.25) is 0 Å². The lowest BCUT2D eigenvalue weighted by molar-refractivity contribution is -0.944. The average Bonchev–Trinajstić information content (AvgIpc) is 2.64. The summed E-state index contributed by atoms with van der Waals surface area (Å²) in [6, 6.07) is 0.208. The van der Waals surface area contributed by atoms with Crippen LogP contribution in [-0.2, 0) is 9.13 Å². The van der Waals surface area contributed by atoms with Gasteiger partial charge in [-0.3, -0.25) is 9.13 Å². The predicted octanol–water partition coefficient (Wildman–Crippen LogP) is 1.08. The number of hydrogen-bond acceptors (Lipinski definition) is 2. The molecule has 0 spiro atoms. The van der Waals surface area contributed by atoms with Gasteiger partial charge in [-0.2, -0.15) is 0 Å². The zero-order valence-corrected chi connectivity index (χ0v) is 13.8. The van der Waals surface area contributed by atoms with Crippen LogP contribution < -0.4 is 0 Å². The summed E-state index contributed by atoms with van der Waals surface area (Å²) < 4.78 is 24.2. The molecule has 1 saturated heterocycles. The van der Waals surface area contributed by atoms with Crippen LogP contribution in [0.3, 0.4) is 0 Å². The normalized spacial score (nSPS) is 36.6. The van der Waals surface area contributed by atoms with E-state index in [1.807, 2.05) is 14.1 Å². The highest BCUT2D eigenvalue weighted by atomic mass is 31.2. The van der Waals surface area contributed by atoms with Gasteiger partial charge in [0.1, 0.15) is 0 Å². The summed E-state index contributed by atoms with van der Waals surface area (Å²) in [5.41, 5.74) is 0. The van der Waals surface area contributed by atoms with Crippen molar-refractivity contribution in [3.63, 3.8) is 0 Å². The summed E-state index contributed by atoms with van der Waals surface area (Å²) in [7, 11) is -5.81. The standard InChI is InChI=1S/C11H23NO6P2/c1-8-4-5-9-6-11(19(13,14)15,20(16,17)18)7-10(9)12(8,2)3/h8-10H,4-7H2,1-3H3,(H3-,13,14,15,16,17,18)/p+1. The van der Waals surface area contributed by atoms with Crippen LogP contribution in [0, 0.1) is 5.92 Å². The van der Waals surface area contributed by atoms with E-state index in [1.165, 1.54) is 0 Å². The average molecular weight is 328 g/mol. The number of rotatable bonds is 2. The zero-order valence-electron chi connectivity index (χ0n) is 12.0. The van der Waals surface area contributed by atoms with Gasteiger partial charge in [-0.15, -0.1) is 0 Å². The smallest absolute Gasteiger partial charge is 0.324 e. The minimum absolute atomic E-state index is 0.0403. The fourth-order valence-corrected chi connectivity index (χ4v) is 7.13. The lowest BCUT2D eigenvalue weighted by Crippen LogP contribution is -2.59. The van der Waals surface area contributed by atoms with Gasteiger partial charge in [0, 0.05) is 12.3 Å². The summed E-state index contributed by atoms with van der Waals surface area (Å²) in [6.45, 7) is 2.07. The van der Waals surface area contributed by atoms with Gasteiger partial charge >= 0.3 is 15.2 Å². The molecule has 0 amide bonds. The Kier molecular flexibility index (Phi) is 3.85. The molecular formula is C11H24NO6P2+. The first kappa shape index (κ1) is 16.6. The second-order valence-corrected chi connectivity index (χ2v) is 11.1. The third-order valence-electron chi connectivity index (χ3n) is 5.70. The van der Waals surface area contributed by atoms with Crippen molar-refractivity contribution in [3.05, 3.63) is 0 Å². The molecule has 7 nitrogen and oxygen atoms in total. The molecule has 1 aliphatic heterocycles. The summed E-state index contributed by atoms with van der Waals surface area (Å²) in [5.74, 6) is -0.0403. The van der Waals surface area contributed by atoms with E-state index < -0.39 is 20.1 Å². The molecule has 20 heavy (non-hydrogen) atoms. The van der Waals surface area contributed by atoms with Gasteiger partial charge in [-0.1, -0.05) is 0 Å². The van der Waals surface area contributed by atoms with Crippen molar-refractivity contribution in [2.24, 2.45) is 5.92 Å². The highest BCUT2D eigenvalue weighted by molar-refractivity contribution is 7.72. The van der Waals surface area contributed by atoms with E-state index in [9.17, 15) is 28.7 Å². The minimum Gasteiger partial charge on any atom is -0.324 e. The molecule has 9 heteroatoms. The van der Waals surface area contributed by atoms with E-state index in [1.54, 1.807) is 0 Å². The third kappa shape index (κ3) is 2.24. The molecule has 0 bridgehead atoms. The molecule has 118 valence electrons. The van der Waals surface area contributed by atoms with E-state index in [-0.39, 0.29) is 24.8 Å². The van der Waals surface area contributed by atoms with Gasteiger partial charge in [0.05, 0.1) is 26.2 Å². The highest BCUT2D eigenvalue weighted by Crippen LogP contribution is 2.76. The number of nitrogens with zero attached hydrogens (tertiary/aromatic N) is 1. The van der Waals surface area contributed by atoms with E-state index in [0.29, 0.717) is 10.5 Å². The molecule has 0 aromatic heterocycles. The monoisotopic (exact) mass is 328 g/mol. The second kappa shape index (κ2) is 4.63. The molecule has 1 saturated carbocycles. The van der Waals surface area contributed by atoms with Crippen LogP contribution >= 0.6 is 15.2 Å². The van der Waals surface area contributed by atoms with E-state index in [0.717, 1.165) is 12.8 Å². The molecular weight excluding hydrogens is 304 g/mol. The topological polar surface area (TPSA) is 115 Å². The molecule has 2 rings (SSSR count). The van der Waals surface area contributed by atoms with Crippen molar-refractivity contribution in [1.29, 1.82) is 0 Å². The Hall–Kier alpha value is 0.260. The van der Waals surface area contributed by atoms with Crippen LogP contribution in [0.5, 0.6) is 0 Å². The number of piperidine rings is 1. The fraction of sp³-hybridized carbons (Fsp3) is 1.00. The first-order chi connectivity index (χ1) is 8.83. The molecule has 0 radical (unpaired) electrons. The molecule has 2 fully saturated rings. The largest absolute Gasteiger partial charge is 0.344 e. The van der Waals surface area contributed by atoms with Crippen molar-refractivity contribution in [2.75, 3.05) is 14.1 Å². The van der Waals surface area contributed by atoms with Gasteiger partial charge in [0.15, 0.2) is 4.90 Å². The molecule has 4 N–H and O–H groups in total. The molecule has 0 aromatic rings. The number of quaternary nitrogens is 1. The van der Waals surface area contributed by atoms with Crippen LogP contribution in [0.2, 0.25) is 0 Å². The van der Waals surface area contributed by atoms with E-state index in [2.05, 4.69) is 6.92 Å². The summed E-state index contributed by atoms with van der Waals surface area (Å²) in [4.78, 5) is 36.2. The predicted molar refractivity (Wildman–Crippen MR) is 74.1 cm³/mol. The van der Waals surface area contributed by atoms with E-state index >= 15 is 0 Å². The van der Waals surface area contributed by atoms with Crippen molar-refractivity contribution < 1.29 is 33.2 Å². The SMILES string of the molecule is CC1CCC2CC(P(=O)(O)O)(P(=O)(O)O)CC2[N+]1(C)C. The molecule has 1 aliphatic carbocycles. The van der Waals surface area contributed by atoms with Crippen molar-refractivity contribution in [3.8, 4) is 0 Å². The highest BCUT2D eigenvalue weighted by Gasteiger charge is 2.69. The maximum Gasteiger partial charge on any atom is 0.344 e. The summed E-state index contributed by atoms with van der Waals surface area (Å²) in [5, 5.41) is 0. The minimum atomic E-state index is -4.89. The van der Waals surface area contributed by atoms with Crippen LogP contribution in [0.4, 0.5) is 0 Å². The Bertz CT molecular complexity index is 473. The molecule has 3 atom stereocenters. The molecule has 1 heterocycles. The van der Waals surface area contributed by atoms with Crippen LogP contribution in [0.25, 0.3) is 0 Å². The lowest BCUT2D eigenvalue weighted by Gasteiger charge is -2.48. The maximum absolute atomic E-state index is 11.8. The Morgan fingerprint density at radius 3 is 1.95 bits per heavy atom. The van der Waals surface area contributed by atoms with Crippen LogP contribution in [0.15, 0.2) is 0 Å². The molecule has 0 aromatic carbocycles. The first-order valence-corrected chi connectivity index (χ1v) is 10.00. The van der Waals surface area contributed by atoms with Crippen molar-refractivity contribution >= 4 is 15.2 Å². The number of fused-ring (bicyclic) bond motifs is 1. The second-order valence-electron chi connectivity index (χ2n) is 6.86. The Morgan fingerprint density at radius 2 is 1.50 bits per heavy atom.